The van der Waals surface area contributed by atoms with E-state index in [9.17, 15) is 14.0 Å². The lowest BCUT2D eigenvalue weighted by Crippen LogP contribution is -2.20. The first-order chi connectivity index (χ1) is 9.95. The smallest absolute Gasteiger partial charge is 0.335 e. The van der Waals surface area contributed by atoms with E-state index in [-0.39, 0.29) is 11.3 Å². The van der Waals surface area contributed by atoms with Gasteiger partial charge >= 0.3 is 12.0 Å². The minimum absolute atomic E-state index is 0.0943. The highest BCUT2D eigenvalue weighted by Crippen LogP contribution is 2.17. The SMILES string of the molecule is O=C(Nc1cccc(I)c1)Nc1ccc(C(=O)O)cc1F. The fraction of sp³-hybridized carbons (Fsp3) is 0. The number of carboxylic acid groups (broad SMARTS) is 1. The molecule has 7 heteroatoms. The summed E-state index contributed by atoms with van der Waals surface area (Å²) < 4.78 is 14.6. The van der Waals surface area contributed by atoms with Gasteiger partial charge in [-0.25, -0.2) is 14.0 Å². The molecule has 0 radical (unpaired) electrons. The Morgan fingerprint density at radius 3 is 2.48 bits per heavy atom. The van der Waals surface area contributed by atoms with Gasteiger partial charge in [-0.1, -0.05) is 6.07 Å². The molecule has 0 aromatic heterocycles. The van der Waals surface area contributed by atoms with E-state index in [1.165, 1.54) is 12.1 Å². The molecule has 0 aliphatic heterocycles. The summed E-state index contributed by atoms with van der Waals surface area (Å²) >= 11 is 2.10. The molecule has 21 heavy (non-hydrogen) atoms. The van der Waals surface area contributed by atoms with Crippen LogP contribution in [0, 0.1) is 9.39 Å². The molecule has 2 amide bonds. The van der Waals surface area contributed by atoms with Crippen molar-refractivity contribution in [2.75, 3.05) is 10.6 Å². The Bertz CT molecular complexity index is 706. The number of hydrogen-bond acceptors (Lipinski definition) is 2. The van der Waals surface area contributed by atoms with Gasteiger partial charge in [-0.2, -0.15) is 0 Å². The zero-order valence-electron chi connectivity index (χ0n) is 10.6. The zero-order valence-corrected chi connectivity index (χ0v) is 12.7. The first-order valence-corrected chi connectivity index (χ1v) is 6.90. The number of anilines is 2. The van der Waals surface area contributed by atoms with Crippen LogP contribution in [0.3, 0.4) is 0 Å². The first kappa shape index (κ1) is 15.2. The molecule has 0 bridgehead atoms. The third-order valence-electron chi connectivity index (χ3n) is 2.55. The van der Waals surface area contributed by atoms with Gasteiger partial charge in [0.1, 0.15) is 5.82 Å². The predicted octanol–water partition coefficient (Wildman–Crippen LogP) is 3.77. The van der Waals surface area contributed by atoms with Crippen LogP contribution in [0.25, 0.3) is 0 Å². The molecule has 2 rings (SSSR count). The molecule has 0 saturated heterocycles. The monoisotopic (exact) mass is 400 g/mol. The number of halogens is 2. The number of rotatable bonds is 3. The van der Waals surface area contributed by atoms with Crippen LogP contribution in [-0.4, -0.2) is 17.1 Å². The Labute approximate surface area is 133 Å². The van der Waals surface area contributed by atoms with Gasteiger partial charge in [-0.05, 0) is 59.0 Å². The van der Waals surface area contributed by atoms with Gasteiger partial charge < -0.3 is 15.7 Å². The second-order valence-corrected chi connectivity index (χ2v) is 5.33. The third kappa shape index (κ3) is 4.15. The molecule has 0 heterocycles. The van der Waals surface area contributed by atoms with Gasteiger partial charge in [0.25, 0.3) is 0 Å². The van der Waals surface area contributed by atoms with Crippen LogP contribution in [0.5, 0.6) is 0 Å². The lowest BCUT2D eigenvalue weighted by Gasteiger charge is -2.09. The topological polar surface area (TPSA) is 78.4 Å². The van der Waals surface area contributed by atoms with Crippen LogP contribution < -0.4 is 10.6 Å². The molecule has 0 atom stereocenters. The molecular formula is C14H10FIN2O3. The van der Waals surface area contributed by atoms with Gasteiger partial charge in [0.05, 0.1) is 11.3 Å². The molecule has 5 nitrogen and oxygen atoms in total. The minimum Gasteiger partial charge on any atom is -0.478 e. The maximum atomic E-state index is 13.7. The van der Waals surface area contributed by atoms with Crippen LogP contribution in [0.4, 0.5) is 20.6 Å². The maximum Gasteiger partial charge on any atom is 0.335 e. The van der Waals surface area contributed by atoms with E-state index < -0.39 is 17.8 Å². The summed E-state index contributed by atoms with van der Waals surface area (Å²) in [7, 11) is 0. The molecule has 0 saturated carbocycles. The Balaban J connectivity index is 2.08. The van der Waals surface area contributed by atoms with Crippen molar-refractivity contribution < 1.29 is 19.1 Å². The van der Waals surface area contributed by atoms with Gasteiger partial charge in [0, 0.05) is 9.26 Å². The van der Waals surface area contributed by atoms with Crippen LogP contribution in [0.2, 0.25) is 0 Å². The molecule has 2 aromatic carbocycles. The van der Waals surface area contributed by atoms with E-state index in [0.29, 0.717) is 5.69 Å². The maximum absolute atomic E-state index is 13.7. The Kier molecular flexibility index (Phi) is 4.73. The first-order valence-electron chi connectivity index (χ1n) is 5.82. The number of carboxylic acids is 1. The van der Waals surface area contributed by atoms with Crippen LogP contribution in [-0.2, 0) is 0 Å². The minimum atomic E-state index is -1.23. The highest BCUT2D eigenvalue weighted by atomic mass is 127. The van der Waals surface area contributed by atoms with Crippen molar-refractivity contribution in [3.05, 3.63) is 57.4 Å². The van der Waals surface area contributed by atoms with E-state index in [1.807, 2.05) is 6.07 Å². The van der Waals surface area contributed by atoms with Crippen molar-refractivity contribution in [3.8, 4) is 0 Å². The summed E-state index contributed by atoms with van der Waals surface area (Å²) in [6.45, 7) is 0. The van der Waals surface area contributed by atoms with Crippen molar-refractivity contribution in [2.45, 2.75) is 0 Å². The summed E-state index contributed by atoms with van der Waals surface area (Å²) in [5.41, 5.74) is 0.293. The van der Waals surface area contributed by atoms with Crippen molar-refractivity contribution in [3.63, 3.8) is 0 Å². The fourth-order valence-corrected chi connectivity index (χ4v) is 2.14. The number of carbonyl (C=O) groups excluding carboxylic acids is 1. The van der Waals surface area contributed by atoms with E-state index in [4.69, 9.17) is 5.11 Å². The van der Waals surface area contributed by atoms with Gasteiger partial charge in [0.2, 0.25) is 0 Å². The fourth-order valence-electron chi connectivity index (χ4n) is 1.60. The number of amides is 2. The number of carbonyl (C=O) groups is 2. The molecule has 3 N–H and O–H groups in total. The third-order valence-corrected chi connectivity index (χ3v) is 3.22. The van der Waals surface area contributed by atoms with Crippen molar-refractivity contribution in [1.82, 2.24) is 0 Å². The zero-order chi connectivity index (χ0) is 15.4. The summed E-state index contributed by atoms with van der Waals surface area (Å²) in [5, 5.41) is 13.6. The van der Waals surface area contributed by atoms with E-state index in [0.717, 1.165) is 9.64 Å². The number of hydrogen-bond donors (Lipinski definition) is 3. The molecule has 2 aromatic rings. The van der Waals surface area contributed by atoms with Crippen LogP contribution in [0.15, 0.2) is 42.5 Å². The molecule has 108 valence electrons. The Morgan fingerprint density at radius 1 is 1.10 bits per heavy atom. The number of urea groups is 1. The average Bonchev–Trinajstić information content (AvgIpc) is 2.40. The molecular weight excluding hydrogens is 390 g/mol. The summed E-state index contributed by atoms with van der Waals surface area (Å²) in [6, 6.07) is 9.76. The highest BCUT2D eigenvalue weighted by molar-refractivity contribution is 14.1. The average molecular weight is 400 g/mol. The Morgan fingerprint density at radius 2 is 1.86 bits per heavy atom. The van der Waals surface area contributed by atoms with E-state index in [1.54, 1.807) is 18.2 Å². The van der Waals surface area contributed by atoms with Crippen molar-refractivity contribution in [2.24, 2.45) is 0 Å². The lowest BCUT2D eigenvalue weighted by atomic mass is 10.2. The molecule has 0 aliphatic rings. The second kappa shape index (κ2) is 6.53. The van der Waals surface area contributed by atoms with Crippen molar-refractivity contribution in [1.29, 1.82) is 0 Å². The summed E-state index contributed by atoms with van der Waals surface area (Å²) in [6.07, 6.45) is 0. The normalized spacial score (nSPS) is 10.0. The molecule has 0 aliphatic carbocycles. The number of aromatic carboxylic acids is 1. The molecule has 0 fully saturated rings. The standard InChI is InChI=1S/C14H10FIN2O3/c15-11-6-8(13(19)20)4-5-12(11)18-14(21)17-10-3-1-2-9(16)7-10/h1-7H,(H,19,20)(H2,17,18,21). The number of benzene rings is 2. The van der Waals surface area contributed by atoms with E-state index >= 15 is 0 Å². The van der Waals surface area contributed by atoms with E-state index in [2.05, 4.69) is 33.2 Å². The predicted molar refractivity (Wildman–Crippen MR) is 85.2 cm³/mol. The van der Waals surface area contributed by atoms with Crippen molar-refractivity contribution >= 4 is 46.0 Å². The molecule has 0 spiro atoms. The largest absolute Gasteiger partial charge is 0.478 e. The molecule has 0 unspecified atom stereocenters. The van der Waals surface area contributed by atoms with Crippen LogP contribution >= 0.6 is 22.6 Å². The van der Waals surface area contributed by atoms with Crippen LogP contribution in [0.1, 0.15) is 10.4 Å². The quantitative estimate of drug-likeness (QED) is 0.687. The Hall–Kier alpha value is -2.16. The van der Waals surface area contributed by atoms with Gasteiger partial charge in [-0.15, -0.1) is 0 Å². The summed E-state index contributed by atoms with van der Waals surface area (Å²) in [4.78, 5) is 22.4. The summed E-state index contributed by atoms with van der Waals surface area (Å²) in [5.74, 6) is -2.04. The lowest BCUT2D eigenvalue weighted by molar-refractivity contribution is 0.0696. The number of nitrogens with one attached hydrogen (secondary N) is 2. The second-order valence-electron chi connectivity index (χ2n) is 4.09. The highest BCUT2D eigenvalue weighted by Gasteiger charge is 2.10. The van der Waals surface area contributed by atoms with Gasteiger partial charge in [-0.3, -0.25) is 0 Å². The van der Waals surface area contributed by atoms with Gasteiger partial charge in [0.15, 0.2) is 0 Å².